The molecule has 0 radical (unpaired) electrons. The summed E-state index contributed by atoms with van der Waals surface area (Å²) in [4.78, 5) is 28.9. The Morgan fingerprint density at radius 3 is 2.81 bits per heavy atom. The van der Waals surface area contributed by atoms with Crippen molar-refractivity contribution in [2.75, 3.05) is 6.54 Å². The third-order valence-corrected chi connectivity index (χ3v) is 4.89. The highest BCUT2D eigenvalue weighted by atomic mass is 16.1. The summed E-state index contributed by atoms with van der Waals surface area (Å²) in [5.74, 6) is 0.210. The number of fused-ring (bicyclic) bond motifs is 1. The van der Waals surface area contributed by atoms with Crippen LogP contribution in [0.25, 0.3) is 11.0 Å². The molecule has 0 atom stereocenters. The molecule has 1 aliphatic rings. The normalized spacial score (nSPS) is 14.8. The fourth-order valence-corrected chi connectivity index (χ4v) is 3.43. The molecule has 0 unspecified atom stereocenters. The Morgan fingerprint density at radius 1 is 1.19 bits per heavy atom. The van der Waals surface area contributed by atoms with Gasteiger partial charge in [-0.15, -0.1) is 0 Å². The molecule has 0 spiro atoms. The van der Waals surface area contributed by atoms with E-state index in [1.807, 2.05) is 0 Å². The number of hydrogen-bond donors (Lipinski definition) is 2. The first-order chi connectivity index (χ1) is 12.7. The molecule has 2 N–H and O–H groups in total. The predicted molar refractivity (Wildman–Crippen MR) is 95.9 cm³/mol. The summed E-state index contributed by atoms with van der Waals surface area (Å²) in [5, 5.41) is 13.3. The Labute approximate surface area is 149 Å². The molecule has 0 bridgehead atoms. The Bertz CT molecular complexity index is 987. The lowest BCUT2D eigenvalue weighted by Gasteiger charge is -2.11. The molecule has 4 rings (SSSR count). The fourth-order valence-electron chi connectivity index (χ4n) is 3.43. The SMILES string of the molecule is O=C(NCCn1cnc(C2CCCC2)cc1=O)c1ccc2n[nH]nc2c1. The summed E-state index contributed by atoms with van der Waals surface area (Å²) in [6.45, 7) is 0.731. The van der Waals surface area contributed by atoms with Crippen molar-refractivity contribution in [3.63, 3.8) is 0 Å². The van der Waals surface area contributed by atoms with Crippen LogP contribution in [0.4, 0.5) is 0 Å². The molecule has 2 heterocycles. The van der Waals surface area contributed by atoms with E-state index in [9.17, 15) is 9.59 Å². The molecule has 1 saturated carbocycles. The van der Waals surface area contributed by atoms with Crippen LogP contribution in [-0.4, -0.2) is 37.4 Å². The van der Waals surface area contributed by atoms with Crippen LogP contribution < -0.4 is 10.9 Å². The molecule has 3 aromatic rings. The minimum atomic E-state index is -0.210. The lowest BCUT2D eigenvalue weighted by Crippen LogP contribution is -2.31. The van der Waals surface area contributed by atoms with E-state index in [0.29, 0.717) is 35.6 Å². The summed E-state index contributed by atoms with van der Waals surface area (Å²) in [6.07, 6.45) is 6.23. The van der Waals surface area contributed by atoms with E-state index < -0.39 is 0 Å². The van der Waals surface area contributed by atoms with Gasteiger partial charge in [0.1, 0.15) is 11.0 Å². The number of benzene rings is 1. The van der Waals surface area contributed by atoms with E-state index >= 15 is 0 Å². The van der Waals surface area contributed by atoms with Crippen LogP contribution in [0.3, 0.4) is 0 Å². The first kappa shape index (κ1) is 16.4. The number of carbonyl (C=O) groups is 1. The molecule has 1 aliphatic carbocycles. The Hall–Kier alpha value is -3.03. The number of aromatic amines is 1. The minimum absolute atomic E-state index is 0.0693. The monoisotopic (exact) mass is 352 g/mol. The van der Waals surface area contributed by atoms with Crippen LogP contribution in [0.2, 0.25) is 0 Å². The molecule has 26 heavy (non-hydrogen) atoms. The molecular formula is C18H20N6O2. The second kappa shape index (κ2) is 7.07. The van der Waals surface area contributed by atoms with Crippen molar-refractivity contribution in [3.8, 4) is 0 Å². The van der Waals surface area contributed by atoms with E-state index in [1.54, 1.807) is 30.6 Å². The van der Waals surface area contributed by atoms with Crippen molar-refractivity contribution in [1.29, 1.82) is 0 Å². The van der Waals surface area contributed by atoms with Crippen LogP contribution in [0.15, 0.2) is 35.4 Å². The zero-order valence-electron chi connectivity index (χ0n) is 14.3. The molecule has 1 fully saturated rings. The van der Waals surface area contributed by atoms with Gasteiger partial charge in [-0.05, 0) is 31.0 Å². The number of nitrogens with zero attached hydrogens (tertiary/aromatic N) is 4. The van der Waals surface area contributed by atoms with E-state index in [-0.39, 0.29) is 11.5 Å². The zero-order valence-corrected chi connectivity index (χ0v) is 14.3. The number of H-pyrrole nitrogens is 1. The van der Waals surface area contributed by atoms with Crippen LogP contribution in [-0.2, 0) is 6.54 Å². The van der Waals surface area contributed by atoms with Gasteiger partial charge >= 0.3 is 0 Å². The van der Waals surface area contributed by atoms with Crippen molar-refractivity contribution >= 4 is 16.9 Å². The maximum absolute atomic E-state index is 12.3. The quantitative estimate of drug-likeness (QED) is 0.725. The Balaban J connectivity index is 1.36. The molecule has 1 aromatic carbocycles. The third kappa shape index (κ3) is 3.35. The van der Waals surface area contributed by atoms with Crippen LogP contribution in [0.1, 0.15) is 47.7 Å². The molecule has 0 aliphatic heterocycles. The smallest absolute Gasteiger partial charge is 0.253 e. The summed E-state index contributed by atoms with van der Waals surface area (Å²) < 4.78 is 1.53. The molecule has 0 saturated heterocycles. The summed E-state index contributed by atoms with van der Waals surface area (Å²) in [7, 11) is 0. The highest BCUT2D eigenvalue weighted by Gasteiger charge is 2.18. The maximum atomic E-state index is 12.3. The molecule has 134 valence electrons. The number of nitrogens with one attached hydrogen (secondary N) is 2. The van der Waals surface area contributed by atoms with Gasteiger partial charge in [0.05, 0.1) is 12.0 Å². The number of amides is 1. The summed E-state index contributed by atoms with van der Waals surface area (Å²) in [5.41, 5.74) is 2.68. The summed E-state index contributed by atoms with van der Waals surface area (Å²) >= 11 is 0. The van der Waals surface area contributed by atoms with Crippen molar-refractivity contribution in [2.24, 2.45) is 0 Å². The molecule has 8 heteroatoms. The topological polar surface area (TPSA) is 106 Å². The highest BCUT2D eigenvalue weighted by molar-refractivity contribution is 5.97. The van der Waals surface area contributed by atoms with Crippen molar-refractivity contribution in [1.82, 2.24) is 30.3 Å². The Morgan fingerprint density at radius 2 is 2.00 bits per heavy atom. The second-order valence-electron chi connectivity index (χ2n) is 6.61. The van der Waals surface area contributed by atoms with Crippen LogP contribution in [0.5, 0.6) is 0 Å². The number of carbonyl (C=O) groups excluding carboxylic acids is 1. The van der Waals surface area contributed by atoms with Crippen LogP contribution >= 0.6 is 0 Å². The van der Waals surface area contributed by atoms with Gasteiger partial charge < -0.3 is 5.32 Å². The van der Waals surface area contributed by atoms with E-state index in [1.165, 1.54) is 17.4 Å². The highest BCUT2D eigenvalue weighted by Crippen LogP contribution is 2.32. The predicted octanol–water partition coefficient (Wildman–Crippen LogP) is 1.60. The lowest BCUT2D eigenvalue weighted by molar-refractivity contribution is 0.0952. The van der Waals surface area contributed by atoms with E-state index in [0.717, 1.165) is 18.5 Å². The number of rotatable bonds is 5. The van der Waals surface area contributed by atoms with E-state index in [4.69, 9.17) is 0 Å². The van der Waals surface area contributed by atoms with Crippen molar-refractivity contribution in [3.05, 3.63) is 52.2 Å². The zero-order chi connectivity index (χ0) is 17.9. The van der Waals surface area contributed by atoms with Gasteiger partial charge in [0.2, 0.25) is 0 Å². The minimum Gasteiger partial charge on any atom is -0.350 e. The standard InChI is InChI=1S/C18H20N6O2/c25-17-10-15(12-3-1-2-4-12)20-11-24(17)8-7-19-18(26)13-5-6-14-16(9-13)22-23-21-14/h5-6,9-12H,1-4,7-8H2,(H,19,26)(H,21,22,23). The average molecular weight is 352 g/mol. The van der Waals surface area contributed by atoms with Gasteiger partial charge in [-0.1, -0.05) is 12.8 Å². The number of hydrogen-bond acceptors (Lipinski definition) is 5. The Kier molecular flexibility index (Phi) is 4.47. The molecular weight excluding hydrogens is 332 g/mol. The largest absolute Gasteiger partial charge is 0.350 e. The third-order valence-electron chi connectivity index (χ3n) is 4.89. The van der Waals surface area contributed by atoms with Gasteiger partial charge in [-0.3, -0.25) is 14.2 Å². The first-order valence-corrected chi connectivity index (χ1v) is 8.86. The van der Waals surface area contributed by atoms with Gasteiger partial charge in [0.25, 0.3) is 11.5 Å². The van der Waals surface area contributed by atoms with Crippen LogP contribution in [0, 0.1) is 0 Å². The van der Waals surface area contributed by atoms with Crippen molar-refractivity contribution in [2.45, 2.75) is 38.1 Å². The molecule has 2 aromatic heterocycles. The fraction of sp³-hybridized carbons (Fsp3) is 0.389. The lowest BCUT2D eigenvalue weighted by atomic mass is 10.0. The average Bonchev–Trinajstić information content (AvgIpc) is 3.34. The first-order valence-electron chi connectivity index (χ1n) is 8.86. The summed E-state index contributed by atoms with van der Waals surface area (Å²) in [6, 6.07) is 6.75. The van der Waals surface area contributed by atoms with E-state index in [2.05, 4.69) is 25.7 Å². The van der Waals surface area contributed by atoms with Gasteiger partial charge in [0, 0.05) is 30.6 Å². The van der Waals surface area contributed by atoms with Gasteiger partial charge in [0.15, 0.2) is 0 Å². The van der Waals surface area contributed by atoms with Gasteiger partial charge in [-0.2, -0.15) is 15.4 Å². The van der Waals surface area contributed by atoms with Crippen molar-refractivity contribution < 1.29 is 4.79 Å². The van der Waals surface area contributed by atoms with Gasteiger partial charge in [-0.25, -0.2) is 4.98 Å². The number of aromatic nitrogens is 5. The molecule has 8 nitrogen and oxygen atoms in total. The second-order valence-corrected chi connectivity index (χ2v) is 6.61. The molecule has 1 amide bonds. The maximum Gasteiger partial charge on any atom is 0.253 e.